The Morgan fingerprint density at radius 3 is 2.29 bits per heavy atom. The van der Waals surface area contributed by atoms with Crippen molar-refractivity contribution in [2.75, 3.05) is 5.32 Å². The molecule has 21 heavy (non-hydrogen) atoms. The highest BCUT2D eigenvalue weighted by Crippen LogP contribution is 2.34. The zero-order valence-corrected chi connectivity index (χ0v) is 13.3. The van der Waals surface area contributed by atoms with Crippen LogP contribution in [0.2, 0.25) is 0 Å². The van der Waals surface area contributed by atoms with Crippen LogP contribution in [-0.4, -0.2) is 12.4 Å². The van der Waals surface area contributed by atoms with Gasteiger partial charge in [-0.15, -0.1) is 13.2 Å². The van der Waals surface area contributed by atoms with Crippen LogP contribution in [0.5, 0.6) is 5.75 Å². The topological polar surface area (TPSA) is 21.3 Å². The molecule has 0 aromatic heterocycles. The van der Waals surface area contributed by atoms with E-state index >= 15 is 0 Å². The van der Waals surface area contributed by atoms with Crippen LogP contribution in [-0.2, 0) is 0 Å². The van der Waals surface area contributed by atoms with Crippen LogP contribution in [0.3, 0.4) is 0 Å². The first-order valence-corrected chi connectivity index (χ1v) is 8.05. The molecule has 0 radical (unpaired) electrons. The van der Waals surface area contributed by atoms with E-state index in [1.54, 1.807) is 12.1 Å². The van der Waals surface area contributed by atoms with E-state index < -0.39 is 6.36 Å². The molecule has 1 N–H and O–H groups in total. The van der Waals surface area contributed by atoms with Gasteiger partial charge in [0.05, 0.1) is 5.69 Å². The molecule has 0 amide bonds. The molecule has 1 aromatic rings. The lowest BCUT2D eigenvalue weighted by Crippen LogP contribution is -2.23. The summed E-state index contributed by atoms with van der Waals surface area (Å²) in [6.07, 6.45) is 3.18. The van der Waals surface area contributed by atoms with Crippen molar-refractivity contribution in [3.8, 4) is 5.75 Å². The van der Waals surface area contributed by atoms with Crippen LogP contribution in [0.15, 0.2) is 22.7 Å². The summed E-state index contributed by atoms with van der Waals surface area (Å²) in [7, 11) is 0. The smallest absolute Gasteiger partial charge is 0.404 e. The second-order valence-electron chi connectivity index (χ2n) is 5.37. The lowest BCUT2D eigenvalue weighted by Gasteiger charge is -2.24. The van der Waals surface area contributed by atoms with Crippen molar-refractivity contribution in [2.24, 2.45) is 0 Å². The summed E-state index contributed by atoms with van der Waals surface area (Å²) >= 11 is 3.18. The molecule has 1 aliphatic rings. The summed E-state index contributed by atoms with van der Waals surface area (Å²) in [5, 5.41) is 3.22. The Morgan fingerprint density at radius 2 is 1.67 bits per heavy atom. The first-order valence-electron chi connectivity index (χ1n) is 7.26. The van der Waals surface area contributed by atoms with E-state index in [-0.39, 0.29) is 11.8 Å². The average Bonchev–Trinajstić information content (AvgIpc) is 2.33. The van der Waals surface area contributed by atoms with Crippen molar-refractivity contribution < 1.29 is 17.9 Å². The van der Waals surface area contributed by atoms with Crippen LogP contribution >= 0.6 is 15.9 Å². The minimum absolute atomic E-state index is 0.182. The average molecular weight is 366 g/mol. The molecular weight excluding hydrogens is 347 g/mol. The maximum atomic E-state index is 12.5. The monoisotopic (exact) mass is 365 g/mol. The van der Waals surface area contributed by atoms with Gasteiger partial charge in [-0.05, 0) is 31.0 Å². The van der Waals surface area contributed by atoms with E-state index in [4.69, 9.17) is 0 Å². The van der Waals surface area contributed by atoms with Gasteiger partial charge in [0.1, 0.15) is 0 Å². The molecule has 1 aromatic carbocycles. The van der Waals surface area contributed by atoms with Crippen molar-refractivity contribution in [3.63, 3.8) is 0 Å². The van der Waals surface area contributed by atoms with Gasteiger partial charge < -0.3 is 10.1 Å². The van der Waals surface area contributed by atoms with Crippen LogP contribution in [0.25, 0.3) is 0 Å². The van der Waals surface area contributed by atoms with Crippen molar-refractivity contribution in [2.45, 2.75) is 57.3 Å². The Hall–Kier alpha value is -0.910. The molecule has 118 valence electrons. The van der Waals surface area contributed by atoms with Crippen LogP contribution < -0.4 is 10.1 Å². The standard InChI is InChI=1S/C15H19BrF3NO/c16-11-8-9-13(14(10-11)21-15(17,18)19)20-12-6-4-2-1-3-5-7-12/h8-10,12,20H,1-7H2. The predicted octanol–water partition coefficient (Wildman–Crippen LogP) is 5.87. The quantitative estimate of drug-likeness (QED) is 0.722. The highest BCUT2D eigenvalue weighted by atomic mass is 79.9. The highest BCUT2D eigenvalue weighted by Gasteiger charge is 2.32. The second-order valence-corrected chi connectivity index (χ2v) is 6.29. The summed E-state index contributed by atoms with van der Waals surface area (Å²) in [6, 6.07) is 4.90. The van der Waals surface area contributed by atoms with Gasteiger partial charge in [0.15, 0.2) is 5.75 Å². The molecule has 1 saturated carbocycles. The Labute approximate surface area is 131 Å². The maximum Gasteiger partial charge on any atom is 0.573 e. The van der Waals surface area contributed by atoms with Crippen LogP contribution in [0, 0.1) is 0 Å². The van der Waals surface area contributed by atoms with Gasteiger partial charge in [-0.2, -0.15) is 0 Å². The fourth-order valence-electron chi connectivity index (χ4n) is 2.64. The van der Waals surface area contributed by atoms with Crippen LogP contribution in [0.4, 0.5) is 18.9 Å². The fourth-order valence-corrected chi connectivity index (χ4v) is 2.99. The number of rotatable bonds is 3. The number of halogens is 4. The lowest BCUT2D eigenvalue weighted by atomic mass is 9.96. The predicted molar refractivity (Wildman–Crippen MR) is 80.6 cm³/mol. The Morgan fingerprint density at radius 1 is 1.05 bits per heavy atom. The molecule has 0 spiro atoms. The SMILES string of the molecule is FC(F)(F)Oc1cc(Br)ccc1NC1CCCCCCC1. The molecule has 2 rings (SSSR count). The zero-order valence-electron chi connectivity index (χ0n) is 11.7. The zero-order chi connectivity index (χ0) is 15.3. The first kappa shape index (κ1) is 16.5. The summed E-state index contributed by atoms with van der Waals surface area (Å²) in [4.78, 5) is 0. The molecule has 6 heteroatoms. The number of hydrogen-bond donors (Lipinski definition) is 1. The molecule has 0 saturated heterocycles. The summed E-state index contributed by atoms with van der Waals surface area (Å²) < 4.78 is 42.1. The third kappa shape index (κ3) is 5.77. The second kappa shape index (κ2) is 7.38. The maximum absolute atomic E-state index is 12.5. The van der Waals surface area contributed by atoms with Crippen molar-refractivity contribution in [1.29, 1.82) is 0 Å². The van der Waals surface area contributed by atoms with Gasteiger partial charge in [0.25, 0.3) is 0 Å². The Bertz CT molecular complexity index is 457. The van der Waals surface area contributed by atoms with Crippen molar-refractivity contribution in [1.82, 2.24) is 0 Å². The molecule has 1 aliphatic carbocycles. The van der Waals surface area contributed by atoms with E-state index in [9.17, 15) is 13.2 Å². The van der Waals surface area contributed by atoms with E-state index in [1.807, 2.05) is 0 Å². The summed E-state index contributed by atoms with van der Waals surface area (Å²) in [6.45, 7) is 0. The number of alkyl halides is 3. The number of nitrogens with one attached hydrogen (secondary N) is 1. The van der Waals surface area contributed by atoms with Gasteiger partial charge in [0, 0.05) is 10.5 Å². The number of ether oxygens (including phenoxy) is 1. The molecule has 0 unspecified atom stereocenters. The lowest BCUT2D eigenvalue weighted by molar-refractivity contribution is -0.274. The van der Waals surface area contributed by atoms with E-state index in [0.717, 1.165) is 25.7 Å². The Kier molecular flexibility index (Phi) is 5.79. The van der Waals surface area contributed by atoms with Crippen LogP contribution in [0.1, 0.15) is 44.9 Å². The largest absolute Gasteiger partial charge is 0.573 e. The van der Waals surface area contributed by atoms with Gasteiger partial charge in [-0.25, -0.2) is 0 Å². The minimum Gasteiger partial charge on any atom is -0.404 e. The summed E-state index contributed by atoms with van der Waals surface area (Å²) in [5.74, 6) is -0.182. The molecular formula is C15H19BrF3NO. The molecule has 0 atom stereocenters. The highest BCUT2D eigenvalue weighted by molar-refractivity contribution is 9.10. The van der Waals surface area contributed by atoms with Gasteiger partial charge in [0.2, 0.25) is 0 Å². The third-order valence-electron chi connectivity index (χ3n) is 3.63. The van der Waals surface area contributed by atoms with Gasteiger partial charge in [-0.3, -0.25) is 0 Å². The minimum atomic E-state index is -4.68. The number of benzene rings is 1. The normalized spacial score (nSPS) is 17.9. The first-order chi connectivity index (χ1) is 9.94. The number of anilines is 1. The molecule has 0 bridgehead atoms. The molecule has 0 heterocycles. The number of hydrogen-bond acceptors (Lipinski definition) is 2. The van der Waals surface area contributed by atoms with Crippen molar-refractivity contribution in [3.05, 3.63) is 22.7 Å². The van der Waals surface area contributed by atoms with E-state index in [1.165, 1.54) is 25.3 Å². The van der Waals surface area contributed by atoms with Gasteiger partial charge >= 0.3 is 6.36 Å². The van der Waals surface area contributed by atoms with E-state index in [0.29, 0.717) is 10.2 Å². The summed E-state index contributed by atoms with van der Waals surface area (Å²) in [5.41, 5.74) is 0.404. The fraction of sp³-hybridized carbons (Fsp3) is 0.600. The van der Waals surface area contributed by atoms with E-state index in [2.05, 4.69) is 26.0 Å². The third-order valence-corrected chi connectivity index (χ3v) is 4.13. The van der Waals surface area contributed by atoms with Gasteiger partial charge in [-0.1, -0.05) is 48.0 Å². The Balaban J connectivity index is 2.10. The van der Waals surface area contributed by atoms with Crippen molar-refractivity contribution >= 4 is 21.6 Å². The molecule has 0 aliphatic heterocycles. The molecule has 2 nitrogen and oxygen atoms in total. The molecule has 1 fully saturated rings.